The van der Waals surface area contributed by atoms with E-state index in [4.69, 9.17) is 4.74 Å². The predicted molar refractivity (Wildman–Crippen MR) is 70.4 cm³/mol. The summed E-state index contributed by atoms with van der Waals surface area (Å²) < 4.78 is 5.09. The van der Waals surface area contributed by atoms with E-state index in [2.05, 4.69) is 11.8 Å². The van der Waals surface area contributed by atoms with Crippen LogP contribution in [0.5, 0.6) is 5.75 Å². The van der Waals surface area contributed by atoms with Crippen molar-refractivity contribution in [2.75, 3.05) is 27.2 Å². The molecule has 1 N–H and O–H groups in total. The molecule has 0 aliphatic heterocycles. The molecule has 0 aliphatic carbocycles. The Morgan fingerprint density at radius 2 is 1.94 bits per heavy atom. The Labute approximate surface area is 104 Å². The number of methoxy groups -OCH3 is 1. The number of nitrogens with zero attached hydrogens (tertiary/aromatic N) is 1. The first-order valence-corrected chi connectivity index (χ1v) is 6.18. The lowest BCUT2D eigenvalue weighted by molar-refractivity contribution is 0.126. The maximum atomic E-state index is 10.1. The largest absolute Gasteiger partial charge is 0.497 e. The number of likely N-dealkylation sites (N-methyl/N-ethyl adjacent to an activating group) is 1. The Morgan fingerprint density at radius 3 is 2.47 bits per heavy atom. The van der Waals surface area contributed by atoms with Gasteiger partial charge in [0.05, 0.1) is 13.2 Å². The minimum absolute atomic E-state index is 0.428. The zero-order chi connectivity index (χ0) is 12.7. The standard InChI is InChI=1S/C14H23NO2/c1-4-5-10-15(2)11-14(16)12-6-8-13(17-3)9-7-12/h6-9,14,16H,4-5,10-11H2,1-3H3. The van der Waals surface area contributed by atoms with Gasteiger partial charge in [-0.25, -0.2) is 0 Å². The van der Waals surface area contributed by atoms with E-state index in [1.165, 1.54) is 12.8 Å². The van der Waals surface area contributed by atoms with Crippen molar-refractivity contribution >= 4 is 0 Å². The smallest absolute Gasteiger partial charge is 0.118 e. The number of hydrogen-bond acceptors (Lipinski definition) is 3. The number of benzene rings is 1. The Balaban J connectivity index is 2.47. The molecular formula is C14H23NO2. The molecule has 1 aromatic rings. The fraction of sp³-hybridized carbons (Fsp3) is 0.571. The molecule has 1 rings (SSSR count). The number of unbranched alkanes of at least 4 members (excludes halogenated alkanes) is 1. The van der Waals surface area contributed by atoms with E-state index in [1.807, 2.05) is 31.3 Å². The van der Waals surface area contributed by atoms with Crippen molar-refractivity contribution in [3.8, 4) is 5.75 Å². The fourth-order valence-electron chi connectivity index (χ4n) is 1.75. The van der Waals surface area contributed by atoms with Crippen molar-refractivity contribution in [2.45, 2.75) is 25.9 Å². The third-order valence-corrected chi connectivity index (χ3v) is 2.88. The molecule has 0 fully saturated rings. The van der Waals surface area contributed by atoms with Crippen LogP contribution in [0.3, 0.4) is 0 Å². The first-order valence-electron chi connectivity index (χ1n) is 6.18. The molecule has 0 radical (unpaired) electrons. The summed E-state index contributed by atoms with van der Waals surface area (Å²) >= 11 is 0. The van der Waals surface area contributed by atoms with Crippen LogP contribution in [0.1, 0.15) is 31.4 Å². The Morgan fingerprint density at radius 1 is 1.29 bits per heavy atom. The van der Waals surface area contributed by atoms with Gasteiger partial charge in [-0.3, -0.25) is 0 Å². The summed E-state index contributed by atoms with van der Waals surface area (Å²) in [6.45, 7) is 3.88. The van der Waals surface area contributed by atoms with Gasteiger partial charge in [-0.1, -0.05) is 25.5 Å². The summed E-state index contributed by atoms with van der Waals surface area (Å²) in [6.07, 6.45) is 1.93. The van der Waals surface area contributed by atoms with Gasteiger partial charge in [-0.2, -0.15) is 0 Å². The SMILES string of the molecule is CCCCN(C)CC(O)c1ccc(OC)cc1. The van der Waals surface area contributed by atoms with Gasteiger partial charge in [0.2, 0.25) is 0 Å². The quantitative estimate of drug-likeness (QED) is 0.790. The number of ether oxygens (including phenoxy) is 1. The Kier molecular flexibility index (Phi) is 6.01. The van der Waals surface area contributed by atoms with Crippen LogP contribution in [0, 0.1) is 0 Å². The third kappa shape index (κ3) is 4.75. The highest BCUT2D eigenvalue weighted by Gasteiger charge is 2.10. The number of rotatable bonds is 7. The van der Waals surface area contributed by atoms with Crippen LogP contribution < -0.4 is 4.74 Å². The lowest BCUT2D eigenvalue weighted by Crippen LogP contribution is -2.25. The van der Waals surface area contributed by atoms with E-state index < -0.39 is 6.10 Å². The predicted octanol–water partition coefficient (Wildman–Crippen LogP) is 2.46. The molecule has 0 bridgehead atoms. The zero-order valence-corrected chi connectivity index (χ0v) is 11.0. The molecule has 17 heavy (non-hydrogen) atoms. The molecule has 0 amide bonds. The summed E-state index contributed by atoms with van der Waals surface area (Å²) in [4.78, 5) is 2.17. The molecule has 0 spiro atoms. The van der Waals surface area contributed by atoms with Crippen LogP contribution >= 0.6 is 0 Å². The Bertz CT molecular complexity index is 311. The topological polar surface area (TPSA) is 32.7 Å². The first-order chi connectivity index (χ1) is 8.17. The second-order valence-electron chi connectivity index (χ2n) is 4.40. The van der Waals surface area contributed by atoms with E-state index in [0.717, 1.165) is 17.9 Å². The van der Waals surface area contributed by atoms with Crippen LogP contribution in [-0.2, 0) is 0 Å². The summed E-state index contributed by atoms with van der Waals surface area (Å²) in [6, 6.07) is 7.59. The third-order valence-electron chi connectivity index (χ3n) is 2.88. The second kappa shape index (κ2) is 7.30. The highest BCUT2D eigenvalue weighted by atomic mass is 16.5. The van der Waals surface area contributed by atoms with Crippen molar-refractivity contribution in [3.05, 3.63) is 29.8 Å². The van der Waals surface area contributed by atoms with Crippen LogP contribution in [0.25, 0.3) is 0 Å². The van der Waals surface area contributed by atoms with E-state index in [0.29, 0.717) is 6.54 Å². The second-order valence-corrected chi connectivity index (χ2v) is 4.40. The van der Waals surface area contributed by atoms with Crippen LogP contribution in [0.2, 0.25) is 0 Å². The average molecular weight is 237 g/mol. The van der Waals surface area contributed by atoms with Crippen LogP contribution in [0.4, 0.5) is 0 Å². The summed E-state index contributed by atoms with van der Waals surface area (Å²) in [5.41, 5.74) is 0.939. The molecule has 0 heterocycles. The van der Waals surface area contributed by atoms with Crippen molar-refractivity contribution in [3.63, 3.8) is 0 Å². The zero-order valence-electron chi connectivity index (χ0n) is 11.0. The molecule has 1 atom stereocenters. The van der Waals surface area contributed by atoms with Gasteiger partial charge in [0.25, 0.3) is 0 Å². The molecule has 3 heteroatoms. The lowest BCUT2D eigenvalue weighted by atomic mass is 10.1. The molecule has 0 saturated carbocycles. The highest BCUT2D eigenvalue weighted by molar-refractivity contribution is 5.28. The molecule has 3 nitrogen and oxygen atoms in total. The summed E-state index contributed by atoms with van der Waals surface area (Å²) in [7, 11) is 3.69. The van der Waals surface area contributed by atoms with E-state index >= 15 is 0 Å². The monoisotopic (exact) mass is 237 g/mol. The minimum atomic E-state index is -0.428. The van der Waals surface area contributed by atoms with Crippen molar-refractivity contribution < 1.29 is 9.84 Å². The Hall–Kier alpha value is -1.06. The van der Waals surface area contributed by atoms with Crippen molar-refractivity contribution in [1.82, 2.24) is 4.90 Å². The highest BCUT2D eigenvalue weighted by Crippen LogP contribution is 2.18. The van der Waals surface area contributed by atoms with Gasteiger partial charge in [0.1, 0.15) is 5.75 Å². The summed E-state index contributed by atoms with van der Waals surface area (Å²) in [5.74, 6) is 0.820. The maximum absolute atomic E-state index is 10.1. The van der Waals surface area contributed by atoms with Crippen LogP contribution in [-0.4, -0.2) is 37.3 Å². The van der Waals surface area contributed by atoms with E-state index in [-0.39, 0.29) is 0 Å². The number of aliphatic hydroxyl groups excluding tert-OH is 1. The normalized spacial score (nSPS) is 12.8. The minimum Gasteiger partial charge on any atom is -0.497 e. The van der Waals surface area contributed by atoms with Gasteiger partial charge in [-0.15, -0.1) is 0 Å². The number of aliphatic hydroxyl groups is 1. The lowest BCUT2D eigenvalue weighted by Gasteiger charge is -2.20. The first kappa shape index (κ1) is 14.0. The van der Waals surface area contributed by atoms with Gasteiger partial charge < -0.3 is 14.7 Å². The van der Waals surface area contributed by atoms with Gasteiger partial charge in [-0.05, 0) is 37.7 Å². The fourth-order valence-corrected chi connectivity index (χ4v) is 1.75. The molecule has 0 saturated heterocycles. The van der Waals surface area contributed by atoms with Gasteiger partial charge >= 0.3 is 0 Å². The van der Waals surface area contributed by atoms with Gasteiger partial charge in [0.15, 0.2) is 0 Å². The van der Waals surface area contributed by atoms with Crippen molar-refractivity contribution in [2.24, 2.45) is 0 Å². The van der Waals surface area contributed by atoms with E-state index in [1.54, 1.807) is 7.11 Å². The van der Waals surface area contributed by atoms with E-state index in [9.17, 15) is 5.11 Å². The molecular weight excluding hydrogens is 214 g/mol. The molecule has 0 aromatic heterocycles. The van der Waals surface area contributed by atoms with Gasteiger partial charge in [0, 0.05) is 6.54 Å². The summed E-state index contributed by atoms with van der Waals surface area (Å²) in [5, 5.41) is 10.1. The molecule has 96 valence electrons. The maximum Gasteiger partial charge on any atom is 0.118 e. The van der Waals surface area contributed by atoms with Crippen molar-refractivity contribution in [1.29, 1.82) is 0 Å². The van der Waals surface area contributed by atoms with Crippen LogP contribution in [0.15, 0.2) is 24.3 Å². The average Bonchev–Trinajstić information content (AvgIpc) is 2.36. The molecule has 1 aromatic carbocycles. The molecule has 0 aliphatic rings. The molecule has 1 unspecified atom stereocenters. The number of hydrogen-bond donors (Lipinski definition) is 1.